The van der Waals surface area contributed by atoms with E-state index in [0.717, 1.165) is 76.4 Å². The van der Waals surface area contributed by atoms with Gasteiger partial charge in [-0.25, -0.2) is 22.7 Å². The molecule has 12 heteroatoms. The molecule has 0 aliphatic rings. The summed E-state index contributed by atoms with van der Waals surface area (Å²) in [4.78, 5) is 28.3. The average Bonchev–Trinajstić information content (AvgIpc) is 3.51. The summed E-state index contributed by atoms with van der Waals surface area (Å²) >= 11 is 5.19. The van der Waals surface area contributed by atoms with Crippen LogP contribution in [-0.2, 0) is 60.3 Å². The van der Waals surface area contributed by atoms with Crippen LogP contribution in [0.1, 0.15) is 0 Å². The van der Waals surface area contributed by atoms with Gasteiger partial charge in [-0.15, -0.1) is 191 Å². The molecule has 16 rings (SSSR count). The van der Waals surface area contributed by atoms with Crippen LogP contribution in [0.25, 0.3) is 107 Å². The Morgan fingerprint density at radius 3 is 1.14 bits per heavy atom. The summed E-state index contributed by atoms with van der Waals surface area (Å²) in [6.07, 6.45) is 9.05. The zero-order valence-corrected chi connectivity index (χ0v) is 56.4. The Morgan fingerprint density at radius 1 is 0.284 bits per heavy atom. The van der Waals surface area contributed by atoms with Gasteiger partial charge in [0.05, 0.1) is 5.52 Å². The van der Waals surface area contributed by atoms with Crippen LogP contribution in [0, 0.1) is 36.4 Å². The van der Waals surface area contributed by atoms with E-state index < -0.39 is 0 Å². The molecule has 8 heterocycles. The maximum atomic E-state index is 4.57. The average molecular weight is 1720 g/mol. The van der Waals surface area contributed by atoms with Crippen molar-refractivity contribution in [2.75, 3.05) is 0 Å². The summed E-state index contributed by atoms with van der Waals surface area (Å²) in [5, 5.41) is 5.78. The molecule has 0 atom stereocenters. The zero-order chi connectivity index (χ0) is 57.5. The van der Waals surface area contributed by atoms with Gasteiger partial charge in [0.1, 0.15) is 0 Å². The third-order valence-corrected chi connectivity index (χ3v) is 15.9. The molecule has 0 amide bonds. The molecule has 8 aromatic heterocycles. The summed E-state index contributed by atoms with van der Waals surface area (Å²) in [5.41, 5.74) is 10.2. The Bertz CT molecular complexity index is 4080. The third-order valence-electron chi connectivity index (χ3n) is 12.7. The standard InChI is InChI=1S/C17H10NS.2C13H8NS.3C11H8N.3Ir/c1-3-7-14-12(5-1)9-10-18-17(14)16-11-13-6-2-4-8-15(13)19-16;1-2-7-12-10(5-1)9-13(15-12)11-6-3-4-8-14-11;1-2-6-10(7-3-1)13-14-11-8-4-5-9-12(11)15-13;3*1-2-6-10(7-3-1)11-8-4-5-9-12-11;;;/h1-10H;1-8H;1-6,8-9H;3*1-6,8-9H;;;/q6*-1;;;. The van der Waals surface area contributed by atoms with Crippen LogP contribution in [0.2, 0.25) is 0 Å². The van der Waals surface area contributed by atoms with Crippen LogP contribution in [0.15, 0.2) is 304 Å². The van der Waals surface area contributed by atoms with Crippen molar-refractivity contribution < 1.29 is 60.3 Å². The molecule has 0 spiro atoms. The normalized spacial score (nSPS) is 10.0. The molecule has 0 aliphatic heterocycles. The van der Waals surface area contributed by atoms with Crippen molar-refractivity contribution in [2.24, 2.45) is 0 Å². The summed E-state index contributed by atoms with van der Waals surface area (Å²) < 4.78 is 3.75. The van der Waals surface area contributed by atoms with Gasteiger partial charge in [-0.3, -0.25) is 4.98 Å². The Kier molecular flexibility index (Phi) is 25.9. The number of nitrogens with zero attached hydrogens (tertiary/aromatic N) is 6. The summed E-state index contributed by atoms with van der Waals surface area (Å²) in [7, 11) is 0. The van der Waals surface area contributed by atoms with Crippen LogP contribution >= 0.6 is 34.0 Å². The van der Waals surface area contributed by atoms with Gasteiger partial charge < -0.3 is 24.9 Å². The quantitative estimate of drug-likeness (QED) is 0.154. The first-order chi connectivity index (χ1) is 42.2. The molecule has 0 saturated heterocycles. The fourth-order valence-electron chi connectivity index (χ4n) is 8.59. The van der Waals surface area contributed by atoms with Gasteiger partial charge in [0.25, 0.3) is 0 Å². The van der Waals surface area contributed by atoms with Crippen molar-refractivity contribution in [1.29, 1.82) is 0 Å². The predicted molar refractivity (Wildman–Crippen MR) is 355 cm³/mol. The predicted octanol–water partition coefficient (Wildman–Crippen LogP) is 20.1. The zero-order valence-electron chi connectivity index (χ0n) is 46.8. The summed E-state index contributed by atoms with van der Waals surface area (Å²) in [5.74, 6) is 0. The van der Waals surface area contributed by atoms with Gasteiger partial charge in [-0.1, -0.05) is 109 Å². The molecule has 3 radical (unpaired) electrons. The number of hydrogen-bond donors (Lipinski definition) is 0. The van der Waals surface area contributed by atoms with Crippen molar-refractivity contribution in [1.82, 2.24) is 29.9 Å². The molecule has 0 aliphatic carbocycles. The van der Waals surface area contributed by atoms with E-state index in [-0.39, 0.29) is 60.3 Å². The fraction of sp³-hybridized carbons (Fsp3) is 0. The van der Waals surface area contributed by atoms with Crippen LogP contribution in [0.5, 0.6) is 0 Å². The number of hydrogen-bond acceptors (Lipinski definition) is 9. The number of aromatic nitrogens is 6. The molecule has 435 valence electrons. The van der Waals surface area contributed by atoms with Gasteiger partial charge in [0.15, 0.2) is 0 Å². The monoisotopic (exact) mass is 1720 g/mol. The number of thiophene rings is 2. The van der Waals surface area contributed by atoms with Gasteiger partial charge >= 0.3 is 0 Å². The first-order valence-electron chi connectivity index (χ1n) is 27.2. The molecule has 16 aromatic rings. The first-order valence-corrected chi connectivity index (χ1v) is 29.7. The number of para-hydroxylation sites is 1. The van der Waals surface area contributed by atoms with Crippen molar-refractivity contribution in [2.45, 2.75) is 0 Å². The number of rotatable bonds is 6. The van der Waals surface area contributed by atoms with Crippen LogP contribution in [-0.4, -0.2) is 29.9 Å². The molecule has 6 nitrogen and oxygen atoms in total. The molecule has 8 aromatic carbocycles. The molecule has 88 heavy (non-hydrogen) atoms. The van der Waals surface area contributed by atoms with Crippen LogP contribution in [0.3, 0.4) is 0 Å². The van der Waals surface area contributed by atoms with Gasteiger partial charge in [0.2, 0.25) is 0 Å². The third kappa shape index (κ3) is 18.3. The van der Waals surface area contributed by atoms with E-state index >= 15 is 0 Å². The number of fused-ring (bicyclic) bond motifs is 4. The minimum absolute atomic E-state index is 0. The van der Waals surface area contributed by atoms with Crippen molar-refractivity contribution in [3.05, 3.63) is 340 Å². The van der Waals surface area contributed by atoms with E-state index in [9.17, 15) is 0 Å². The molecule has 0 fully saturated rings. The molecular formula is C76H50Ir3N6S3-6. The van der Waals surface area contributed by atoms with E-state index in [1.54, 1.807) is 52.6 Å². The smallest absolute Gasteiger partial charge is 0.0697 e. The Labute approximate surface area is 565 Å². The molecule has 0 N–H and O–H groups in total. The second-order valence-electron chi connectivity index (χ2n) is 18.4. The van der Waals surface area contributed by atoms with E-state index in [1.807, 2.05) is 219 Å². The molecule has 0 unspecified atom stereocenters. The van der Waals surface area contributed by atoms with E-state index in [0.29, 0.717) is 0 Å². The van der Waals surface area contributed by atoms with Gasteiger partial charge in [-0.05, 0) is 89.5 Å². The molecule has 0 saturated carbocycles. The second-order valence-corrected chi connectivity index (χ2v) is 21.6. The van der Waals surface area contributed by atoms with Crippen LogP contribution in [0.4, 0.5) is 0 Å². The first kappa shape index (κ1) is 65.5. The SMILES string of the molecule is [Ir].[Ir].[Ir].[c-]1c(-c2ccccn2)sc2ccccc12.[c-]1c(-c2nccc3ccccc23)sc2ccccc12.[c-]1ccccc1-c1ccccn1.[c-]1ccccc1-c1ccccn1.[c-]1ccccc1-c1ccccn1.[c-]1ccccc1-c1nc2ccccc2s1. The van der Waals surface area contributed by atoms with E-state index in [4.69, 9.17) is 0 Å². The number of pyridine rings is 5. The number of thiazole rings is 1. The summed E-state index contributed by atoms with van der Waals surface area (Å²) in [6, 6.07) is 110. The minimum atomic E-state index is 0. The minimum Gasteiger partial charge on any atom is -0.305 e. The van der Waals surface area contributed by atoms with Crippen molar-refractivity contribution in [3.8, 4) is 65.5 Å². The Hall–Kier alpha value is -8.47. The maximum Gasteiger partial charge on any atom is 0.0697 e. The Morgan fingerprint density at radius 2 is 0.682 bits per heavy atom. The largest absolute Gasteiger partial charge is 0.305 e. The molecular weight excluding hydrogens is 1670 g/mol. The second kappa shape index (κ2) is 34.8. The van der Waals surface area contributed by atoms with Gasteiger partial charge in [0, 0.05) is 112 Å². The Balaban J connectivity index is 0.000000137. The fourth-order valence-corrected chi connectivity index (χ4v) is 11.5. The van der Waals surface area contributed by atoms with E-state index in [1.165, 1.54) is 30.3 Å². The summed E-state index contributed by atoms with van der Waals surface area (Å²) in [6.45, 7) is 0. The van der Waals surface area contributed by atoms with Crippen molar-refractivity contribution >= 4 is 75.2 Å². The van der Waals surface area contributed by atoms with Gasteiger partial charge in [-0.2, -0.15) is 11.3 Å². The van der Waals surface area contributed by atoms with E-state index in [2.05, 4.69) is 133 Å². The maximum absolute atomic E-state index is 4.57. The number of benzene rings is 8. The molecule has 0 bridgehead atoms. The van der Waals surface area contributed by atoms with Crippen LogP contribution < -0.4 is 0 Å². The van der Waals surface area contributed by atoms with Crippen molar-refractivity contribution in [3.63, 3.8) is 0 Å². The topological polar surface area (TPSA) is 77.3 Å².